The predicted octanol–water partition coefficient (Wildman–Crippen LogP) is 4.16. The maximum atomic E-state index is 11.5. The molecule has 6 atom stereocenters. The fraction of sp³-hybridized carbons (Fsp3) is 0.783. The molecule has 3 fully saturated rings. The Balaban J connectivity index is 1.71. The lowest BCUT2D eigenvalue weighted by Crippen LogP contribution is -2.55. The first-order chi connectivity index (χ1) is 13.3. The van der Waals surface area contributed by atoms with Gasteiger partial charge in [0.25, 0.3) is 0 Å². The number of aliphatic hydroxyl groups is 1. The van der Waals surface area contributed by atoms with Crippen LogP contribution in [-0.2, 0) is 10.0 Å². The molecular weight excluding hydrogens is 384 g/mol. The molecular formula is C23H36N2O3S. The van der Waals surface area contributed by atoms with Gasteiger partial charge in [-0.2, -0.15) is 5.10 Å². The Morgan fingerprint density at radius 3 is 2.52 bits per heavy atom. The van der Waals surface area contributed by atoms with Crippen molar-refractivity contribution in [2.45, 2.75) is 78.2 Å². The molecule has 0 spiro atoms. The molecule has 0 heterocycles. The van der Waals surface area contributed by atoms with E-state index in [0.717, 1.165) is 62.5 Å². The number of hydrogen-bond acceptors (Lipinski definition) is 4. The van der Waals surface area contributed by atoms with Gasteiger partial charge in [-0.15, -0.1) is 0 Å². The van der Waals surface area contributed by atoms with Gasteiger partial charge >= 0.3 is 0 Å². The largest absolute Gasteiger partial charge is 0.390 e. The number of nitrogens with zero attached hydrogens (tertiary/aromatic N) is 1. The topological polar surface area (TPSA) is 78.8 Å². The number of nitrogens with one attached hydrogen (secondary N) is 1. The van der Waals surface area contributed by atoms with Crippen LogP contribution in [0.15, 0.2) is 28.4 Å². The normalized spacial score (nSPS) is 46.3. The summed E-state index contributed by atoms with van der Waals surface area (Å²) in [6.45, 7) is 13.4. The minimum absolute atomic E-state index is 0.0595. The molecule has 0 aromatic carbocycles. The van der Waals surface area contributed by atoms with Crippen LogP contribution in [0.4, 0.5) is 0 Å². The van der Waals surface area contributed by atoms with Crippen LogP contribution in [-0.4, -0.2) is 31.1 Å². The number of hydrazone groups is 1. The third kappa shape index (κ3) is 3.04. The lowest BCUT2D eigenvalue weighted by atomic mass is 9.45. The van der Waals surface area contributed by atoms with Crippen molar-refractivity contribution in [3.63, 3.8) is 0 Å². The van der Waals surface area contributed by atoms with Gasteiger partial charge in [-0.3, -0.25) is 0 Å². The lowest BCUT2D eigenvalue weighted by Gasteiger charge is -2.60. The molecule has 4 rings (SSSR count). The van der Waals surface area contributed by atoms with Crippen molar-refractivity contribution in [2.75, 3.05) is 6.26 Å². The molecule has 0 unspecified atom stereocenters. The first-order valence-corrected chi connectivity index (χ1v) is 12.8. The molecule has 4 aliphatic carbocycles. The first kappa shape index (κ1) is 21.1. The second kappa shape index (κ2) is 6.43. The predicted molar refractivity (Wildman–Crippen MR) is 117 cm³/mol. The van der Waals surface area contributed by atoms with Crippen molar-refractivity contribution in [3.05, 3.63) is 23.3 Å². The quantitative estimate of drug-likeness (QED) is 0.520. The Hall–Kier alpha value is -1.14. The molecule has 0 bridgehead atoms. The van der Waals surface area contributed by atoms with Crippen LogP contribution in [0.1, 0.15) is 72.6 Å². The highest BCUT2D eigenvalue weighted by Crippen LogP contribution is 2.68. The Bertz CT molecular complexity index is 916. The second-order valence-electron chi connectivity index (χ2n) is 10.8. The van der Waals surface area contributed by atoms with Gasteiger partial charge in [0.15, 0.2) is 0 Å². The number of sulfonamides is 1. The zero-order valence-corrected chi connectivity index (χ0v) is 19.3. The summed E-state index contributed by atoms with van der Waals surface area (Å²) in [7, 11) is -3.34. The van der Waals surface area contributed by atoms with Gasteiger partial charge in [0.05, 0.1) is 17.6 Å². The number of allylic oxidation sites excluding steroid dienone is 3. The molecule has 0 radical (unpaired) electrons. The molecule has 162 valence electrons. The van der Waals surface area contributed by atoms with Gasteiger partial charge in [0.1, 0.15) is 0 Å². The molecule has 4 aliphatic rings. The molecule has 29 heavy (non-hydrogen) atoms. The zero-order chi connectivity index (χ0) is 21.4. The fourth-order valence-electron chi connectivity index (χ4n) is 7.58. The van der Waals surface area contributed by atoms with E-state index in [9.17, 15) is 13.5 Å². The molecule has 0 aromatic heterocycles. The monoisotopic (exact) mass is 420 g/mol. The summed E-state index contributed by atoms with van der Waals surface area (Å²) in [5.74, 6) is 1.57. The molecule has 3 saturated carbocycles. The molecule has 6 heteroatoms. The summed E-state index contributed by atoms with van der Waals surface area (Å²) in [6, 6.07) is 0. The average Bonchev–Trinajstić information content (AvgIpc) is 2.82. The molecule has 0 aromatic rings. The van der Waals surface area contributed by atoms with Crippen LogP contribution in [0.3, 0.4) is 0 Å². The van der Waals surface area contributed by atoms with Crippen LogP contribution in [0, 0.1) is 28.6 Å². The van der Waals surface area contributed by atoms with E-state index in [1.54, 1.807) is 0 Å². The first-order valence-electron chi connectivity index (χ1n) is 10.9. The lowest BCUT2D eigenvalue weighted by molar-refractivity contribution is -0.0961. The van der Waals surface area contributed by atoms with Crippen LogP contribution in [0.5, 0.6) is 0 Å². The van der Waals surface area contributed by atoms with Crippen LogP contribution in [0.25, 0.3) is 0 Å². The van der Waals surface area contributed by atoms with E-state index in [4.69, 9.17) is 0 Å². The molecule has 0 saturated heterocycles. The van der Waals surface area contributed by atoms with Gasteiger partial charge in [0, 0.05) is 5.41 Å². The smallest absolute Gasteiger partial charge is 0.244 e. The summed E-state index contributed by atoms with van der Waals surface area (Å²) in [6.07, 6.45) is 7.95. The standard InChI is InChI=1S/C23H36N2O3S/c1-14-13-22(4)18(9-12-23(22,5)26)16-7-8-17-15(2)19(24-25-29(6,27)28)10-11-21(17,3)20(14)16/h16,18,20,25-26H,1,7-13H2,2-6H3/b24-19+/t16-,18-,20-,21-,22-,23-/m0/s1. The van der Waals surface area contributed by atoms with E-state index >= 15 is 0 Å². The third-order valence-electron chi connectivity index (χ3n) is 9.19. The summed E-state index contributed by atoms with van der Waals surface area (Å²) in [5.41, 5.74) is 4.15. The number of fused-ring (bicyclic) bond motifs is 5. The average molecular weight is 421 g/mol. The van der Waals surface area contributed by atoms with Gasteiger partial charge in [-0.25, -0.2) is 13.2 Å². The summed E-state index contributed by atoms with van der Waals surface area (Å²) in [4.78, 5) is 2.32. The van der Waals surface area contributed by atoms with E-state index in [2.05, 4.69) is 37.3 Å². The fourth-order valence-corrected chi connectivity index (χ4v) is 7.86. The van der Waals surface area contributed by atoms with Crippen molar-refractivity contribution in [1.29, 1.82) is 0 Å². The maximum absolute atomic E-state index is 11.5. The highest BCUT2D eigenvalue weighted by molar-refractivity contribution is 7.88. The second-order valence-corrected chi connectivity index (χ2v) is 12.5. The summed E-state index contributed by atoms with van der Waals surface area (Å²) < 4.78 is 23.0. The SMILES string of the molecule is C=C1C[C@@]2(C)[C@@H](CC[C@]2(C)O)[C@@H]2CCC3=C(C)/C(=N/NS(C)(=O)=O)CC[C@]3(C)[C@@H]12. The zero-order valence-electron chi connectivity index (χ0n) is 18.5. The number of rotatable bonds is 2. The minimum Gasteiger partial charge on any atom is -0.390 e. The Labute approximate surface area is 175 Å². The maximum Gasteiger partial charge on any atom is 0.244 e. The molecule has 2 N–H and O–H groups in total. The molecule has 0 aliphatic heterocycles. The van der Waals surface area contributed by atoms with E-state index in [1.807, 2.05) is 6.92 Å². The van der Waals surface area contributed by atoms with Crippen LogP contribution in [0.2, 0.25) is 0 Å². The Kier molecular flexibility index (Phi) is 4.68. The minimum atomic E-state index is -3.34. The van der Waals surface area contributed by atoms with Crippen molar-refractivity contribution in [1.82, 2.24) is 4.83 Å². The van der Waals surface area contributed by atoms with Crippen molar-refractivity contribution < 1.29 is 13.5 Å². The van der Waals surface area contributed by atoms with E-state index in [1.165, 1.54) is 11.1 Å². The highest BCUT2D eigenvalue weighted by Gasteiger charge is 2.63. The highest BCUT2D eigenvalue weighted by atomic mass is 32.2. The third-order valence-corrected chi connectivity index (χ3v) is 9.61. The van der Waals surface area contributed by atoms with E-state index in [0.29, 0.717) is 17.8 Å². The number of hydrogen-bond donors (Lipinski definition) is 2. The van der Waals surface area contributed by atoms with Gasteiger partial charge < -0.3 is 5.11 Å². The van der Waals surface area contributed by atoms with E-state index in [-0.39, 0.29) is 10.8 Å². The van der Waals surface area contributed by atoms with Crippen molar-refractivity contribution in [2.24, 2.45) is 33.7 Å². The van der Waals surface area contributed by atoms with Crippen LogP contribution >= 0.6 is 0 Å². The van der Waals surface area contributed by atoms with Crippen molar-refractivity contribution in [3.8, 4) is 0 Å². The van der Waals surface area contributed by atoms with E-state index < -0.39 is 15.6 Å². The molecule has 0 amide bonds. The van der Waals surface area contributed by atoms with Gasteiger partial charge in [-0.1, -0.05) is 31.6 Å². The molecule has 5 nitrogen and oxygen atoms in total. The van der Waals surface area contributed by atoms with Gasteiger partial charge in [-0.05, 0) is 87.5 Å². The Morgan fingerprint density at radius 1 is 1.17 bits per heavy atom. The summed E-state index contributed by atoms with van der Waals surface area (Å²) >= 11 is 0. The van der Waals surface area contributed by atoms with Gasteiger partial charge in [0.2, 0.25) is 10.0 Å². The van der Waals surface area contributed by atoms with Crippen LogP contribution < -0.4 is 4.83 Å². The van der Waals surface area contributed by atoms with Crippen molar-refractivity contribution >= 4 is 15.7 Å². The summed E-state index contributed by atoms with van der Waals surface area (Å²) in [5, 5.41) is 15.4. The Morgan fingerprint density at radius 2 is 1.86 bits per heavy atom.